The second-order valence-electron chi connectivity index (χ2n) is 6.54. The Kier molecular flexibility index (Phi) is 5.69. The number of aromatic amines is 1. The number of ether oxygens (including phenoxy) is 2. The third-order valence-electron chi connectivity index (χ3n) is 4.51. The summed E-state index contributed by atoms with van der Waals surface area (Å²) >= 11 is 0. The smallest absolute Gasteiger partial charge is 0.176 e. The van der Waals surface area contributed by atoms with E-state index in [1.165, 1.54) is 5.56 Å². The number of H-pyrrole nitrogens is 1. The van der Waals surface area contributed by atoms with Crippen LogP contribution in [0.15, 0.2) is 36.4 Å². The largest absolute Gasteiger partial charge is 0.507 e. The van der Waals surface area contributed by atoms with Crippen molar-refractivity contribution in [2.75, 3.05) is 6.61 Å². The third kappa shape index (κ3) is 3.92. The highest BCUT2D eigenvalue weighted by atomic mass is 16.5. The number of nitrogens with one attached hydrogen (secondary N) is 1. The number of aryl methyl sites for hydroxylation is 2. The molecule has 0 aliphatic heterocycles. The first-order valence-corrected chi connectivity index (χ1v) is 9.32. The van der Waals surface area contributed by atoms with Gasteiger partial charge in [-0.15, -0.1) is 0 Å². The van der Waals surface area contributed by atoms with Crippen molar-refractivity contribution in [3.8, 4) is 34.3 Å². The SMILES string of the molecule is CCCc1ccc(Oc2c(-c3ccc(OCC)c(C)c3O)n[nH]c2C)cc1. The van der Waals surface area contributed by atoms with E-state index in [0.29, 0.717) is 34.9 Å². The zero-order chi connectivity index (χ0) is 19.4. The summed E-state index contributed by atoms with van der Waals surface area (Å²) in [6.45, 7) is 8.35. The number of rotatable bonds is 7. The van der Waals surface area contributed by atoms with Crippen LogP contribution in [-0.4, -0.2) is 21.9 Å². The van der Waals surface area contributed by atoms with Gasteiger partial charge in [-0.05, 0) is 57.0 Å². The van der Waals surface area contributed by atoms with Gasteiger partial charge in [0, 0.05) is 11.1 Å². The minimum absolute atomic E-state index is 0.149. The van der Waals surface area contributed by atoms with E-state index in [2.05, 4.69) is 29.3 Å². The van der Waals surface area contributed by atoms with Crippen molar-refractivity contribution in [1.82, 2.24) is 10.2 Å². The molecule has 0 amide bonds. The van der Waals surface area contributed by atoms with Gasteiger partial charge in [0.25, 0.3) is 0 Å². The lowest BCUT2D eigenvalue weighted by molar-refractivity contribution is 0.335. The van der Waals surface area contributed by atoms with Crippen LogP contribution in [0, 0.1) is 13.8 Å². The van der Waals surface area contributed by atoms with Gasteiger partial charge in [0.2, 0.25) is 0 Å². The van der Waals surface area contributed by atoms with E-state index in [0.717, 1.165) is 24.3 Å². The molecule has 0 spiro atoms. The summed E-state index contributed by atoms with van der Waals surface area (Å²) in [7, 11) is 0. The fraction of sp³-hybridized carbons (Fsp3) is 0.318. The molecule has 0 atom stereocenters. The van der Waals surface area contributed by atoms with Crippen molar-refractivity contribution in [3.05, 3.63) is 53.2 Å². The Balaban J connectivity index is 1.94. The average molecular weight is 366 g/mol. The van der Waals surface area contributed by atoms with Crippen molar-refractivity contribution >= 4 is 0 Å². The number of hydrogen-bond acceptors (Lipinski definition) is 4. The average Bonchev–Trinajstić information content (AvgIpc) is 3.02. The molecule has 0 aliphatic carbocycles. The third-order valence-corrected chi connectivity index (χ3v) is 4.51. The van der Waals surface area contributed by atoms with E-state index in [1.807, 2.05) is 39.0 Å². The minimum atomic E-state index is 0.149. The van der Waals surface area contributed by atoms with Crippen LogP contribution in [0.5, 0.6) is 23.0 Å². The Morgan fingerprint density at radius 3 is 2.44 bits per heavy atom. The van der Waals surface area contributed by atoms with Gasteiger partial charge in [-0.25, -0.2) is 0 Å². The Bertz CT molecular complexity index is 914. The molecule has 0 aliphatic rings. The predicted octanol–water partition coefficient (Wildman–Crippen LogP) is 5.54. The molecule has 0 saturated carbocycles. The number of phenolic OH excluding ortho intramolecular Hbond substituents is 1. The second-order valence-corrected chi connectivity index (χ2v) is 6.54. The first kappa shape index (κ1) is 18.8. The summed E-state index contributed by atoms with van der Waals surface area (Å²) in [5, 5.41) is 18.0. The van der Waals surface area contributed by atoms with Crippen LogP contribution >= 0.6 is 0 Å². The summed E-state index contributed by atoms with van der Waals surface area (Å²) in [6, 6.07) is 11.7. The molecule has 5 nitrogen and oxygen atoms in total. The van der Waals surface area contributed by atoms with Crippen molar-refractivity contribution in [3.63, 3.8) is 0 Å². The lowest BCUT2D eigenvalue weighted by atomic mass is 10.0. The number of nitrogens with zero attached hydrogens (tertiary/aromatic N) is 1. The van der Waals surface area contributed by atoms with Crippen LogP contribution < -0.4 is 9.47 Å². The van der Waals surface area contributed by atoms with Crippen molar-refractivity contribution in [2.45, 2.75) is 40.5 Å². The maximum atomic E-state index is 10.7. The maximum Gasteiger partial charge on any atom is 0.176 e. The minimum Gasteiger partial charge on any atom is -0.507 e. The van der Waals surface area contributed by atoms with Crippen LogP contribution in [-0.2, 0) is 6.42 Å². The first-order valence-electron chi connectivity index (χ1n) is 9.32. The molecule has 1 heterocycles. The molecule has 142 valence electrons. The molecule has 0 fully saturated rings. The van der Waals surface area contributed by atoms with Crippen LogP contribution in [0.2, 0.25) is 0 Å². The number of benzene rings is 2. The standard InChI is InChI=1S/C22H26N2O3/c1-5-7-16-8-10-17(11-9-16)27-22-15(4)23-24-20(22)18-12-13-19(26-6-2)14(3)21(18)25/h8-13,25H,5-7H2,1-4H3,(H,23,24). The van der Waals surface area contributed by atoms with Crippen molar-refractivity contribution < 1.29 is 14.6 Å². The van der Waals surface area contributed by atoms with Crippen LogP contribution in [0.25, 0.3) is 11.3 Å². The zero-order valence-electron chi connectivity index (χ0n) is 16.3. The zero-order valence-corrected chi connectivity index (χ0v) is 16.3. The highest BCUT2D eigenvalue weighted by Crippen LogP contribution is 2.42. The van der Waals surface area contributed by atoms with Crippen molar-refractivity contribution in [2.24, 2.45) is 0 Å². The fourth-order valence-corrected chi connectivity index (χ4v) is 3.04. The van der Waals surface area contributed by atoms with Gasteiger partial charge in [-0.3, -0.25) is 5.10 Å². The van der Waals surface area contributed by atoms with E-state index in [4.69, 9.17) is 9.47 Å². The van der Waals surface area contributed by atoms with E-state index < -0.39 is 0 Å². The van der Waals surface area contributed by atoms with Gasteiger partial charge < -0.3 is 14.6 Å². The molecule has 5 heteroatoms. The lowest BCUT2D eigenvalue weighted by Gasteiger charge is -2.13. The van der Waals surface area contributed by atoms with Crippen LogP contribution in [0.4, 0.5) is 0 Å². The quantitative estimate of drug-likeness (QED) is 0.576. The Morgan fingerprint density at radius 1 is 1.04 bits per heavy atom. The molecule has 0 bridgehead atoms. The second kappa shape index (κ2) is 8.16. The van der Waals surface area contributed by atoms with Crippen molar-refractivity contribution in [1.29, 1.82) is 0 Å². The molecule has 3 rings (SSSR count). The maximum absolute atomic E-state index is 10.7. The van der Waals surface area contributed by atoms with Crippen LogP contribution in [0.1, 0.15) is 37.1 Å². The van der Waals surface area contributed by atoms with Gasteiger partial charge >= 0.3 is 0 Å². The predicted molar refractivity (Wildman–Crippen MR) is 107 cm³/mol. The first-order chi connectivity index (χ1) is 13.0. The molecule has 0 saturated heterocycles. The molecule has 27 heavy (non-hydrogen) atoms. The lowest BCUT2D eigenvalue weighted by Crippen LogP contribution is -1.95. The van der Waals surface area contributed by atoms with Gasteiger partial charge in [0.1, 0.15) is 22.9 Å². The van der Waals surface area contributed by atoms with E-state index in [-0.39, 0.29) is 5.75 Å². The molecular weight excluding hydrogens is 340 g/mol. The summed E-state index contributed by atoms with van der Waals surface area (Å²) < 4.78 is 11.7. The summed E-state index contributed by atoms with van der Waals surface area (Å²) in [5.41, 5.74) is 3.96. The fourth-order valence-electron chi connectivity index (χ4n) is 3.04. The monoisotopic (exact) mass is 366 g/mol. The van der Waals surface area contributed by atoms with Gasteiger partial charge in [0.15, 0.2) is 5.75 Å². The Hall–Kier alpha value is -2.95. The van der Waals surface area contributed by atoms with E-state index in [9.17, 15) is 5.11 Å². The molecule has 0 unspecified atom stereocenters. The molecule has 0 radical (unpaired) electrons. The normalized spacial score (nSPS) is 10.8. The highest BCUT2D eigenvalue weighted by Gasteiger charge is 2.20. The molecule has 3 aromatic rings. The summed E-state index contributed by atoms with van der Waals surface area (Å²) in [6.07, 6.45) is 2.16. The van der Waals surface area contributed by atoms with E-state index >= 15 is 0 Å². The number of aromatic nitrogens is 2. The van der Waals surface area contributed by atoms with Gasteiger partial charge in [-0.2, -0.15) is 5.10 Å². The molecule has 1 aromatic heterocycles. The number of aromatic hydroxyl groups is 1. The Morgan fingerprint density at radius 2 is 1.78 bits per heavy atom. The van der Waals surface area contributed by atoms with Gasteiger partial charge in [0.05, 0.1) is 12.3 Å². The number of phenols is 1. The number of hydrogen-bond donors (Lipinski definition) is 2. The van der Waals surface area contributed by atoms with E-state index in [1.54, 1.807) is 6.07 Å². The molecule has 2 N–H and O–H groups in total. The van der Waals surface area contributed by atoms with Gasteiger partial charge in [-0.1, -0.05) is 25.5 Å². The Labute approximate surface area is 160 Å². The summed E-state index contributed by atoms with van der Waals surface area (Å²) in [5.74, 6) is 2.16. The molecule has 2 aromatic carbocycles. The van der Waals surface area contributed by atoms with Crippen LogP contribution in [0.3, 0.4) is 0 Å². The summed E-state index contributed by atoms with van der Waals surface area (Å²) in [4.78, 5) is 0. The molecular formula is C22H26N2O3. The topological polar surface area (TPSA) is 67.4 Å². The highest BCUT2D eigenvalue weighted by molar-refractivity contribution is 5.76.